The van der Waals surface area contributed by atoms with Gasteiger partial charge in [-0.2, -0.15) is 0 Å². The van der Waals surface area contributed by atoms with Crippen LogP contribution >= 0.6 is 0 Å². The molecule has 9 heteroatoms. The molecule has 0 saturated carbocycles. The van der Waals surface area contributed by atoms with Gasteiger partial charge < -0.3 is 24.6 Å². The molecule has 2 N–H and O–H groups in total. The fourth-order valence-corrected chi connectivity index (χ4v) is 4.46. The number of carbonyl (C=O) groups is 2. The Hall–Kier alpha value is -4.01. The van der Waals surface area contributed by atoms with Crippen LogP contribution in [0.15, 0.2) is 54.7 Å². The van der Waals surface area contributed by atoms with Gasteiger partial charge in [-0.05, 0) is 70.2 Å². The van der Waals surface area contributed by atoms with Crippen molar-refractivity contribution < 1.29 is 28.9 Å². The maximum Gasteiger partial charge on any atom is 0.410 e. The number of pyridine rings is 1. The lowest BCUT2D eigenvalue weighted by Crippen LogP contribution is -2.53. The van der Waals surface area contributed by atoms with Gasteiger partial charge in [0.15, 0.2) is 11.5 Å². The van der Waals surface area contributed by atoms with Gasteiger partial charge in [0.1, 0.15) is 24.0 Å². The largest absolute Gasteiger partial charge is 0.506 e. The van der Waals surface area contributed by atoms with E-state index in [1.807, 2.05) is 57.2 Å². The summed E-state index contributed by atoms with van der Waals surface area (Å²) in [6, 6.07) is 14.5. The van der Waals surface area contributed by atoms with Crippen molar-refractivity contribution in [3.63, 3.8) is 0 Å². The molecule has 0 aliphatic carbocycles. The quantitative estimate of drug-likeness (QED) is 0.363. The number of rotatable bonds is 9. The zero-order valence-corrected chi connectivity index (χ0v) is 22.8. The number of ether oxygens (including phenoxy) is 3. The van der Waals surface area contributed by atoms with E-state index in [1.165, 1.54) is 11.1 Å². The van der Waals surface area contributed by atoms with Crippen molar-refractivity contribution in [2.75, 3.05) is 19.7 Å². The van der Waals surface area contributed by atoms with Crippen LogP contribution in [0.25, 0.3) is 10.9 Å². The first kappa shape index (κ1) is 28.0. The van der Waals surface area contributed by atoms with Crippen LogP contribution in [-0.2, 0) is 16.1 Å². The summed E-state index contributed by atoms with van der Waals surface area (Å²) in [5.41, 5.74) is 1.07. The number of piperidine rings is 1. The Kier molecular flexibility index (Phi) is 9.11. The minimum atomic E-state index is -0.621. The zero-order chi connectivity index (χ0) is 27.8. The molecule has 1 unspecified atom stereocenters. The summed E-state index contributed by atoms with van der Waals surface area (Å²) >= 11 is 0. The van der Waals surface area contributed by atoms with Gasteiger partial charge in [-0.25, -0.2) is 4.79 Å². The van der Waals surface area contributed by atoms with Crippen LogP contribution in [0.1, 0.15) is 52.0 Å². The highest BCUT2D eigenvalue weighted by Gasteiger charge is 2.34. The molecule has 208 valence electrons. The van der Waals surface area contributed by atoms with Crippen LogP contribution in [-0.4, -0.2) is 58.3 Å². The van der Waals surface area contributed by atoms with E-state index in [9.17, 15) is 14.7 Å². The maximum atomic E-state index is 12.9. The summed E-state index contributed by atoms with van der Waals surface area (Å²) in [4.78, 5) is 31.4. The number of likely N-dealkylation sites (tertiary alicyclic amines) is 1. The lowest BCUT2D eigenvalue weighted by atomic mass is 10.0. The first-order valence-electron chi connectivity index (χ1n) is 13.4. The average molecular weight is 536 g/mol. The van der Waals surface area contributed by atoms with Crippen molar-refractivity contribution in [2.45, 2.75) is 64.7 Å². The average Bonchev–Trinajstić information content (AvgIpc) is 2.91. The van der Waals surface area contributed by atoms with E-state index in [4.69, 9.17) is 14.2 Å². The number of hydrogen-bond acceptors (Lipinski definition) is 7. The van der Waals surface area contributed by atoms with E-state index >= 15 is 0 Å². The normalized spacial score (nSPS) is 15.6. The van der Waals surface area contributed by atoms with E-state index in [1.54, 1.807) is 12.1 Å². The smallest absolute Gasteiger partial charge is 0.410 e. The molecule has 39 heavy (non-hydrogen) atoms. The third-order valence-corrected chi connectivity index (χ3v) is 6.30. The Balaban J connectivity index is 1.35. The second kappa shape index (κ2) is 12.7. The molecule has 2 heterocycles. The number of nitrogens with one attached hydrogen (secondary N) is 1. The lowest BCUT2D eigenvalue weighted by Gasteiger charge is -2.35. The predicted molar refractivity (Wildman–Crippen MR) is 148 cm³/mol. The summed E-state index contributed by atoms with van der Waals surface area (Å²) in [6.45, 7) is 6.99. The number of aromatic nitrogens is 1. The van der Waals surface area contributed by atoms with Gasteiger partial charge in [0.05, 0.1) is 18.3 Å². The van der Waals surface area contributed by atoms with Crippen LogP contribution in [0.4, 0.5) is 4.79 Å². The molecule has 3 aromatic rings. The molecule has 1 aliphatic rings. The molecule has 1 aliphatic heterocycles. The first-order valence-corrected chi connectivity index (χ1v) is 13.4. The van der Waals surface area contributed by atoms with E-state index in [-0.39, 0.29) is 11.7 Å². The predicted octanol–water partition coefficient (Wildman–Crippen LogP) is 5.19. The number of aromatic hydroxyl groups is 1. The molecule has 4 rings (SSSR count). The van der Waals surface area contributed by atoms with Gasteiger partial charge >= 0.3 is 6.09 Å². The van der Waals surface area contributed by atoms with Gasteiger partial charge in [-0.15, -0.1) is 0 Å². The van der Waals surface area contributed by atoms with Gasteiger partial charge in [0.2, 0.25) is 5.91 Å². The topological polar surface area (TPSA) is 110 Å². The zero-order valence-electron chi connectivity index (χ0n) is 22.8. The lowest BCUT2D eigenvalue weighted by molar-refractivity contribution is -0.127. The minimum absolute atomic E-state index is 0.0295. The van der Waals surface area contributed by atoms with E-state index in [0.29, 0.717) is 61.5 Å². The molecule has 1 saturated heterocycles. The first-order chi connectivity index (χ1) is 18.7. The monoisotopic (exact) mass is 535 g/mol. The highest BCUT2D eigenvalue weighted by Crippen LogP contribution is 2.37. The molecule has 9 nitrogen and oxygen atoms in total. The van der Waals surface area contributed by atoms with Gasteiger partial charge in [-0.3, -0.25) is 14.7 Å². The molecule has 2 amide bonds. The van der Waals surface area contributed by atoms with E-state index in [0.717, 1.165) is 18.4 Å². The summed E-state index contributed by atoms with van der Waals surface area (Å²) in [7, 11) is 0. The molecule has 2 aromatic carbocycles. The van der Waals surface area contributed by atoms with Crippen molar-refractivity contribution in [1.29, 1.82) is 0 Å². The van der Waals surface area contributed by atoms with Crippen molar-refractivity contribution in [3.05, 3.63) is 60.3 Å². The third kappa shape index (κ3) is 7.75. The van der Waals surface area contributed by atoms with Gasteiger partial charge in [0, 0.05) is 18.5 Å². The van der Waals surface area contributed by atoms with Crippen LogP contribution in [0.5, 0.6) is 17.2 Å². The highest BCUT2D eigenvalue weighted by atomic mass is 16.6. The standard InChI is InChI=1S/C30H37N3O6/c1-30(2,3)39-29(36)33-16-8-7-12-25(33)28(35)31-15-9-17-37-27-23-18-22(34)19-32-24(23)13-14-26(27)38-20-21-10-5-4-6-11-21/h4-6,10-11,13-14,18-19,25,34H,7-9,12,15-17,20H2,1-3H3,(H,31,35). The maximum absolute atomic E-state index is 12.9. The van der Waals surface area contributed by atoms with Crippen molar-refractivity contribution >= 4 is 22.9 Å². The minimum Gasteiger partial charge on any atom is -0.506 e. The van der Waals surface area contributed by atoms with Crippen LogP contribution < -0.4 is 14.8 Å². The molecular weight excluding hydrogens is 498 g/mol. The van der Waals surface area contributed by atoms with Crippen molar-refractivity contribution in [2.24, 2.45) is 0 Å². The number of hydrogen-bond donors (Lipinski definition) is 2. The van der Waals surface area contributed by atoms with Gasteiger partial charge in [-0.1, -0.05) is 30.3 Å². The second-order valence-corrected chi connectivity index (χ2v) is 10.6. The molecule has 0 radical (unpaired) electrons. The van der Waals surface area contributed by atoms with Crippen LogP contribution in [0, 0.1) is 0 Å². The Morgan fingerprint density at radius 2 is 1.90 bits per heavy atom. The Morgan fingerprint density at radius 1 is 1.10 bits per heavy atom. The molecule has 0 spiro atoms. The SMILES string of the molecule is CC(C)(C)OC(=O)N1CCCCC1C(=O)NCCCOc1c(OCc2ccccc2)ccc2ncc(O)cc12. The molecular formula is C30H37N3O6. The summed E-state index contributed by atoms with van der Waals surface area (Å²) < 4.78 is 17.7. The fourth-order valence-electron chi connectivity index (χ4n) is 4.46. The molecule has 1 atom stereocenters. The second-order valence-electron chi connectivity index (χ2n) is 10.6. The van der Waals surface area contributed by atoms with Crippen LogP contribution in [0.3, 0.4) is 0 Å². The number of nitrogens with zero attached hydrogens (tertiary/aromatic N) is 2. The number of benzene rings is 2. The third-order valence-electron chi connectivity index (χ3n) is 6.30. The summed E-state index contributed by atoms with van der Waals surface area (Å²) in [5, 5.41) is 13.6. The Labute approximate surface area is 229 Å². The number of carbonyl (C=O) groups excluding carboxylic acids is 2. The Morgan fingerprint density at radius 3 is 2.67 bits per heavy atom. The number of fused-ring (bicyclic) bond motifs is 1. The van der Waals surface area contributed by atoms with Gasteiger partial charge in [0.25, 0.3) is 0 Å². The van der Waals surface area contributed by atoms with Crippen molar-refractivity contribution in [3.8, 4) is 17.2 Å². The molecule has 0 bridgehead atoms. The number of amides is 2. The summed E-state index contributed by atoms with van der Waals surface area (Å²) in [5.74, 6) is 0.869. The van der Waals surface area contributed by atoms with Crippen LogP contribution in [0.2, 0.25) is 0 Å². The van der Waals surface area contributed by atoms with E-state index < -0.39 is 17.7 Å². The van der Waals surface area contributed by atoms with Crippen molar-refractivity contribution in [1.82, 2.24) is 15.2 Å². The highest BCUT2D eigenvalue weighted by molar-refractivity contribution is 5.89. The summed E-state index contributed by atoms with van der Waals surface area (Å²) in [6.07, 6.45) is 3.80. The Bertz CT molecular complexity index is 1270. The molecule has 1 aromatic heterocycles. The van der Waals surface area contributed by atoms with E-state index in [2.05, 4.69) is 10.3 Å². The molecule has 1 fully saturated rings. The fraction of sp³-hybridized carbons (Fsp3) is 0.433.